The number of para-hydroxylation sites is 1. The Bertz CT molecular complexity index is 576. The van der Waals surface area contributed by atoms with E-state index in [0.717, 1.165) is 15.8 Å². The fourth-order valence-corrected chi connectivity index (χ4v) is 2.52. The molecule has 5 heteroatoms. The summed E-state index contributed by atoms with van der Waals surface area (Å²) in [6.45, 7) is 0.837. The standard InChI is InChI=1S/C15H13BrCl2O2/c16-12-4-2-5-13(9-12)19-7-8-20-15-11(10-17)3-1-6-14(15)18/h1-6,9H,7-8,10H2. The van der Waals surface area contributed by atoms with Gasteiger partial charge in [0.25, 0.3) is 0 Å². The van der Waals surface area contributed by atoms with Gasteiger partial charge in [-0.1, -0.05) is 45.7 Å². The number of ether oxygens (including phenoxy) is 2. The topological polar surface area (TPSA) is 18.5 Å². The van der Waals surface area contributed by atoms with Crippen molar-refractivity contribution in [2.45, 2.75) is 5.88 Å². The van der Waals surface area contributed by atoms with Crippen molar-refractivity contribution < 1.29 is 9.47 Å². The van der Waals surface area contributed by atoms with E-state index >= 15 is 0 Å². The van der Waals surface area contributed by atoms with Crippen LogP contribution in [0.4, 0.5) is 0 Å². The van der Waals surface area contributed by atoms with Crippen LogP contribution in [0.2, 0.25) is 5.02 Å². The summed E-state index contributed by atoms with van der Waals surface area (Å²) in [6.07, 6.45) is 0. The molecule has 0 aliphatic rings. The van der Waals surface area contributed by atoms with Gasteiger partial charge < -0.3 is 9.47 Å². The van der Waals surface area contributed by atoms with Crippen LogP contribution in [-0.4, -0.2) is 13.2 Å². The Morgan fingerprint density at radius 1 is 1.00 bits per heavy atom. The zero-order valence-corrected chi connectivity index (χ0v) is 13.7. The van der Waals surface area contributed by atoms with Crippen molar-refractivity contribution in [3.8, 4) is 11.5 Å². The number of hydrogen-bond acceptors (Lipinski definition) is 2. The molecule has 2 rings (SSSR count). The van der Waals surface area contributed by atoms with Crippen molar-refractivity contribution >= 4 is 39.1 Å². The first-order chi connectivity index (χ1) is 9.70. The van der Waals surface area contributed by atoms with Crippen LogP contribution in [0.1, 0.15) is 5.56 Å². The first-order valence-corrected chi connectivity index (χ1v) is 7.76. The molecule has 0 aliphatic carbocycles. The summed E-state index contributed by atoms with van der Waals surface area (Å²) in [7, 11) is 0. The van der Waals surface area contributed by atoms with Crippen molar-refractivity contribution in [3.63, 3.8) is 0 Å². The van der Waals surface area contributed by atoms with Gasteiger partial charge in [-0.3, -0.25) is 0 Å². The summed E-state index contributed by atoms with van der Waals surface area (Å²) in [4.78, 5) is 0. The van der Waals surface area contributed by atoms with Crippen LogP contribution in [0.25, 0.3) is 0 Å². The van der Waals surface area contributed by atoms with Gasteiger partial charge in [0.15, 0.2) is 0 Å². The third-order valence-electron chi connectivity index (χ3n) is 2.59. The molecule has 0 aromatic heterocycles. The van der Waals surface area contributed by atoms with E-state index in [9.17, 15) is 0 Å². The lowest BCUT2D eigenvalue weighted by Gasteiger charge is -2.12. The highest BCUT2D eigenvalue weighted by atomic mass is 79.9. The van der Waals surface area contributed by atoms with Gasteiger partial charge in [0.05, 0.1) is 10.9 Å². The highest BCUT2D eigenvalue weighted by Gasteiger charge is 2.07. The number of benzene rings is 2. The number of alkyl halides is 1. The highest BCUT2D eigenvalue weighted by molar-refractivity contribution is 9.10. The molecule has 2 nitrogen and oxygen atoms in total. The average molecular weight is 376 g/mol. The molecule has 0 saturated heterocycles. The molecule has 2 aromatic rings. The molecule has 0 bridgehead atoms. The molecule has 0 N–H and O–H groups in total. The van der Waals surface area contributed by atoms with Gasteiger partial charge >= 0.3 is 0 Å². The van der Waals surface area contributed by atoms with Gasteiger partial charge in [-0.2, -0.15) is 0 Å². The minimum absolute atomic E-state index is 0.363. The lowest BCUT2D eigenvalue weighted by molar-refractivity contribution is 0.216. The Morgan fingerprint density at radius 3 is 2.50 bits per heavy atom. The van der Waals surface area contributed by atoms with Gasteiger partial charge in [-0.25, -0.2) is 0 Å². The summed E-state index contributed by atoms with van der Waals surface area (Å²) < 4.78 is 12.2. The fourth-order valence-electron chi connectivity index (χ4n) is 1.68. The normalized spacial score (nSPS) is 10.3. The molecule has 0 unspecified atom stereocenters. The lowest BCUT2D eigenvalue weighted by atomic mass is 10.2. The predicted molar refractivity (Wildman–Crippen MR) is 86.1 cm³/mol. The molecule has 0 spiro atoms. The summed E-state index contributed by atoms with van der Waals surface area (Å²) >= 11 is 15.3. The van der Waals surface area contributed by atoms with E-state index < -0.39 is 0 Å². The maximum absolute atomic E-state index is 6.09. The summed E-state index contributed by atoms with van der Waals surface area (Å²) in [5.74, 6) is 1.78. The molecule has 106 valence electrons. The summed E-state index contributed by atoms with van der Waals surface area (Å²) in [5, 5.41) is 0.561. The van der Waals surface area contributed by atoms with E-state index in [1.807, 2.05) is 36.4 Å². The van der Waals surface area contributed by atoms with E-state index in [0.29, 0.717) is 29.9 Å². The summed E-state index contributed by atoms with van der Waals surface area (Å²) in [6, 6.07) is 13.2. The van der Waals surface area contributed by atoms with Crippen molar-refractivity contribution in [3.05, 3.63) is 57.5 Å². The predicted octanol–water partition coefficient (Wildman–Crippen LogP) is 5.30. The molecule has 0 heterocycles. The first-order valence-electron chi connectivity index (χ1n) is 6.05. The molecule has 0 aliphatic heterocycles. The Morgan fingerprint density at radius 2 is 1.75 bits per heavy atom. The van der Waals surface area contributed by atoms with Crippen LogP contribution < -0.4 is 9.47 Å². The second kappa shape index (κ2) is 7.77. The third-order valence-corrected chi connectivity index (χ3v) is 3.67. The first kappa shape index (κ1) is 15.5. The van der Waals surface area contributed by atoms with E-state index in [1.165, 1.54) is 0 Å². The van der Waals surface area contributed by atoms with Crippen LogP contribution in [0.15, 0.2) is 46.9 Å². The molecule has 2 aromatic carbocycles. The zero-order valence-electron chi connectivity index (χ0n) is 10.6. The van der Waals surface area contributed by atoms with Gasteiger partial charge in [-0.15, -0.1) is 11.6 Å². The maximum atomic E-state index is 6.09. The Hall–Kier alpha value is -0.900. The van der Waals surface area contributed by atoms with Crippen molar-refractivity contribution in [2.75, 3.05) is 13.2 Å². The summed E-state index contributed by atoms with van der Waals surface area (Å²) in [5.41, 5.74) is 0.877. The maximum Gasteiger partial charge on any atom is 0.142 e. The van der Waals surface area contributed by atoms with Crippen LogP contribution in [0, 0.1) is 0 Å². The molecule has 20 heavy (non-hydrogen) atoms. The molecular weight excluding hydrogens is 363 g/mol. The average Bonchev–Trinajstić information content (AvgIpc) is 2.45. The number of hydrogen-bond donors (Lipinski definition) is 0. The molecule has 0 fully saturated rings. The zero-order chi connectivity index (χ0) is 14.4. The van der Waals surface area contributed by atoms with Crippen molar-refractivity contribution in [1.29, 1.82) is 0 Å². The van der Waals surface area contributed by atoms with Crippen molar-refractivity contribution in [2.24, 2.45) is 0 Å². The van der Waals surface area contributed by atoms with Crippen LogP contribution in [-0.2, 0) is 5.88 Å². The second-order valence-electron chi connectivity index (χ2n) is 4.02. The monoisotopic (exact) mass is 374 g/mol. The van der Waals surface area contributed by atoms with E-state index in [2.05, 4.69) is 15.9 Å². The quantitative estimate of drug-likeness (QED) is 0.503. The molecule has 0 radical (unpaired) electrons. The van der Waals surface area contributed by atoms with Gasteiger partial charge in [-0.05, 0) is 24.3 Å². The van der Waals surface area contributed by atoms with Gasteiger partial charge in [0.2, 0.25) is 0 Å². The van der Waals surface area contributed by atoms with Crippen LogP contribution >= 0.6 is 39.1 Å². The second-order valence-corrected chi connectivity index (χ2v) is 5.61. The number of rotatable bonds is 6. The molecule has 0 saturated carbocycles. The highest BCUT2D eigenvalue weighted by Crippen LogP contribution is 2.29. The van der Waals surface area contributed by atoms with Crippen molar-refractivity contribution in [1.82, 2.24) is 0 Å². The Kier molecular flexibility index (Phi) is 6.02. The SMILES string of the molecule is ClCc1cccc(Cl)c1OCCOc1cccc(Br)c1. The number of halogens is 3. The lowest BCUT2D eigenvalue weighted by Crippen LogP contribution is -2.10. The largest absolute Gasteiger partial charge is 0.490 e. The Labute approximate surface area is 136 Å². The van der Waals surface area contributed by atoms with E-state index in [-0.39, 0.29) is 0 Å². The van der Waals surface area contributed by atoms with E-state index in [1.54, 1.807) is 6.07 Å². The minimum atomic E-state index is 0.363. The molecular formula is C15H13BrCl2O2. The minimum Gasteiger partial charge on any atom is -0.490 e. The fraction of sp³-hybridized carbons (Fsp3) is 0.200. The Balaban J connectivity index is 1.87. The van der Waals surface area contributed by atoms with E-state index in [4.69, 9.17) is 32.7 Å². The smallest absolute Gasteiger partial charge is 0.142 e. The van der Waals surface area contributed by atoms with Crippen LogP contribution in [0.3, 0.4) is 0 Å². The third kappa shape index (κ3) is 4.30. The van der Waals surface area contributed by atoms with Crippen LogP contribution in [0.5, 0.6) is 11.5 Å². The molecule has 0 atom stereocenters. The van der Waals surface area contributed by atoms with Gasteiger partial charge in [0.1, 0.15) is 24.7 Å². The van der Waals surface area contributed by atoms with Gasteiger partial charge in [0, 0.05) is 10.0 Å². The molecule has 0 amide bonds.